The zero-order valence-corrected chi connectivity index (χ0v) is 17.0. The largest absolute Gasteiger partial charge is 0.354 e. The van der Waals surface area contributed by atoms with Crippen LogP contribution in [0.2, 0.25) is 0 Å². The number of aryl methyl sites for hydroxylation is 2. The van der Waals surface area contributed by atoms with E-state index >= 15 is 0 Å². The van der Waals surface area contributed by atoms with Crippen LogP contribution in [0.3, 0.4) is 0 Å². The Morgan fingerprint density at radius 2 is 1.72 bits per heavy atom. The first-order chi connectivity index (χ1) is 14.0. The van der Waals surface area contributed by atoms with Crippen molar-refractivity contribution in [2.24, 2.45) is 0 Å². The third-order valence-electron chi connectivity index (χ3n) is 5.28. The molecule has 2 aromatic heterocycles. The molecule has 0 bridgehead atoms. The van der Waals surface area contributed by atoms with E-state index in [-0.39, 0.29) is 5.91 Å². The van der Waals surface area contributed by atoms with Gasteiger partial charge < -0.3 is 9.88 Å². The maximum Gasteiger partial charge on any atom is 0.224 e. The topological polar surface area (TPSA) is 64.7 Å². The molecular weight excluding hydrogens is 362 g/mol. The summed E-state index contributed by atoms with van der Waals surface area (Å²) in [6.07, 6.45) is 0.328. The van der Waals surface area contributed by atoms with Crippen LogP contribution in [0.1, 0.15) is 22.8 Å². The number of carbonyl (C=O) groups is 1. The van der Waals surface area contributed by atoms with Gasteiger partial charge in [0.1, 0.15) is 5.82 Å². The molecule has 0 fully saturated rings. The first-order valence-electron chi connectivity index (χ1n) is 9.83. The average molecular weight is 387 g/mol. The van der Waals surface area contributed by atoms with Crippen LogP contribution in [0, 0.1) is 20.8 Å². The zero-order chi connectivity index (χ0) is 20.4. The van der Waals surface area contributed by atoms with Gasteiger partial charge in [0.05, 0.1) is 28.8 Å². The van der Waals surface area contributed by atoms with Crippen molar-refractivity contribution < 1.29 is 4.79 Å². The Hall–Kier alpha value is -3.41. The molecule has 4 rings (SSSR count). The lowest BCUT2D eigenvalue weighted by Crippen LogP contribution is -2.29. The molecule has 2 heterocycles. The van der Waals surface area contributed by atoms with Crippen molar-refractivity contribution in [3.63, 3.8) is 0 Å². The number of imidazole rings is 1. The highest BCUT2D eigenvalue weighted by molar-refractivity contribution is 5.79. The van der Waals surface area contributed by atoms with Crippen LogP contribution in [0.25, 0.3) is 16.7 Å². The minimum atomic E-state index is 0.00545. The summed E-state index contributed by atoms with van der Waals surface area (Å²) < 4.78 is 4.04. The summed E-state index contributed by atoms with van der Waals surface area (Å²) in [4.78, 5) is 17.1. The second-order valence-corrected chi connectivity index (χ2v) is 7.22. The molecule has 2 aromatic carbocycles. The van der Waals surface area contributed by atoms with Gasteiger partial charge in [0, 0.05) is 24.3 Å². The van der Waals surface area contributed by atoms with Gasteiger partial charge in [-0.2, -0.15) is 5.10 Å². The van der Waals surface area contributed by atoms with Gasteiger partial charge in [0.2, 0.25) is 5.91 Å². The summed E-state index contributed by atoms with van der Waals surface area (Å²) >= 11 is 0. The predicted molar refractivity (Wildman–Crippen MR) is 114 cm³/mol. The van der Waals surface area contributed by atoms with Crippen molar-refractivity contribution in [1.29, 1.82) is 0 Å². The summed E-state index contributed by atoms with van der Waals surface area (Å²) in [6, 6.07) is 18.0. The summed E-state index contributed by atoms with van der Waals surface area (Å²) in [7, 11) is 0. The molecule has 0 radical (unpaired) electrons. The number of hydrogen-bond acceptors (Lipinski definition) is 3. The minimum absolute atomic E-state index is 0.00545. The second-order valence-electron chi connectivity index (χ2n) is 7.22. The van der Waals surface area contributed by atoms with Gasteiger partial charge in [-0.15, -0.1) is 0 Å². The van der Waals surface area contributed by atoms with Gasteiger partial charge in [-0.1, -0.05) is 30.3 Å². The number of nitrogens with zero attached hydrogens (tertiary/aromatic N) is 4. The lowest BCUT2D eigenvalue weighted by Gasteiger charge is -2.09. The van der Waals surface area contributed by atoms with E-state index in [2.05, 4.69) is 26.0 Å². The Morgan fingerprint density at radius 1 is 1.00 bits per heavy atom. The van der Waals surface area contributed by atoms with Gasteiger partial charge in [-0.05, 0) is 45.0 Å². The van der Waals surface area contributed by atoms with E-state index in [0.29, 0.717) is 19.5 Å². The Balaban J connectivity index is 1.41. The van der Waals surface area contributed by atoms with Crippen LogP contribution < -0.4 is 5.32 Å². The molecule has 6 heteroatoms. The Morgan fingerprint density at radius 3 is 2.52 bits per heavy atom. The van der Waals surface area contributed by atoms with E-state index in [0.717, 1.165) is 39.5 Å². The normalized spacial score (nSPS) is 11.1. The maximum absolute atomic E-state index is 12.6. The molecule has 0 aliphatic heterocycles. The molecule has 4 aromatic rings. The minimum Gasteiger partial charge on any atom is -0.354 e. The molecule has 0 unspecified atom stereocenters. The van der Waals surface area contributed by atoms with E-state index in [4.69, 9.17) is 0 Å². The van der Waals surface area contributed by atoms with Crippen molar-refractivity contribution >= 4 is 16.9 Å². The SMILES string of the molecule is Cc1nn(-c2ccccc2)c(C)c1CC(=O)NCCn1c(C)nc2ccccc21. The Labute approximate surface area is 170 Å². The monoisotopic (exact) mass is 387 g/mol. The second kappa shape index (κ2) is 7.91. The number of rotatable bonds is 6. The van der Waals surface area contributed by atoms with Crippen LogP contribution in [0.5, 0.6) is 0 Å². The summed E-state index contributed by atoms with van der Waals surface area (Å²) in [5.41, 5.74) is 5.95. The van der Waals surface area contributed by atoms with E-state index in [1.165, 1.54) is 0 Å². The van der Waals surface area contributed by atoms with Gasteiger partial charge >= 0.3 is 0 Å². The number of carbonyl (C=O) groups excluding carboxylic acids is 1. The molecule has 6 nitrogen and oxygen atoms in total. The number of amides is 1. The van der Waals surface area contributed by atoms with Crippen molar-refractivity contribution in [3.05, 3.63) is 77.4 Å². The van der Waals surface area contributed by atoms with E-state index in [9.17, 15) is 4.79 Å². The number of hydrogen-bond donors (Lipinski definition) is 1. The van der Waals surface area contributed by atoms with Crippen LogP contribution in [-0.2, 0) is 17.8 Å². The van der Waals surface area contributed by atoms with Crippen molar-refractivity contribution in [2.75, 3.05) is 6.54 Å². The van der Waals surface area contributed by atoms with E-state index < -0.39 is 0 Å². The summed E-state index contributed by atoms with van der Waals surface area (Å²) in [5.74, 6) is 0.960. The van der Waals surface area contributed by atoms with Crippen LogP contribution in [0.4, 0.5) is 0 Å². The number of para-hydroxylation sites is 3. The quantitative estimate of drug-likeness (QED) is 0.551. The summed E-state index contributed by atoms with van der Waals surface area (Å²) in [6.45, 7) is 7.21. The van der Waals surface area contributed by atoms with Gasteiger partial charge in [0.15, 0.2) is 0 Å². The molecule has 29 heavy (non-hydrogen) atoms. The highest BCUT2D eigenvalue weighted by atomic mass is 16.1. The molecule has 0 aliphatic rings. The van der Waals surface area contributed by atoms with Crippen molar-refractivity contribution in [2.45, 2.75) is 33.7 Å². The summed E-state index contributed by atoms with van der Waals surface area (Å²) in [5, 5.41) is 7.66. The lowest BCUT2D eigenvalue weighted by atomic mass is 10.1. The standard InChI is InChI=1S/C23H25N5O/c1-16-20(17(2)28(26-16)19-9-5-4-6-10-19)15-23(29)24-13-14-27-18(3)25-21-11-7-8-12-22(21)27/h4-12H,13-15H2,1-3H3,(H,24,29). The smallest absolute Gasteiger partial charge is 0.224 e. The molecule has 0 saturated carbocycles. The number of fused-ring (bicyclic) bond motifs is 1. The first kappa shape index (κ1) is 18.9. The first-order valence-corrected chi connectivity index (χ1v) is 9.83. The highest BCUT2D eigenvalue weighted by Crippen LogP contribution is 2.18. The fourth-order valence-electron chi connectivity index (χ4n) is 3.76. The van der Waals surface area contributed by atoms with E-state index in [1.807, 2.05) is 74.0 Å². The van der Waals surface area contributed by atoms with Gasteiger partial charge in [-0.3, -0.25) is 4.79 Å². The molecule has 1 amide bonds. The molecule has 0 atom stereocenters. The highest BCUT2D eigenvalue weighted by Gasteiger charge is 2.16. The predicted octanol–water partition coefficient (Wildman–Crippen LogP) is 3.51. The third-order valence-corrected chi connectivity index (χ3v) is 5.28. The fourth-order valence-corrected chi connectivity index (χ4v) is 3.76. The third kappa shape index (κ3) is 3.78. The fraction of sp³-hybridized carbons (Fsp3) is 0.261. The lowest BCUT2D eigenvalue weighted by molar-refractivity contribution is -0.120. The molecule has 0 aliphatic carbocycles. The molecule has 0 saturated heterocycles. The molecule has 1 N–H and O–H groups in total. The molecule has 0 spiro atoms. The van der Waals surface area contributed by atoms with Crippen molar-refractivity contribution in [3.8, 4) is 5.69 Å². The Bertz CT molecular complexity index is 1160. The molecular formula is C23H25N5O. The van der Waals surface area contributed by atoms with Gasteiger partial charge in [-0.25, -0.2) is 9.67 Å². The van der Waals surface area contributed by atoms with Crippen LogP contribution in [-0.4, -0.2) is 31.8 Å². The number of aromatic nitrogens is 4. The van der Waals surface area contributed by atoms with Gasteiger partial charge in [0.25, 0.3) is 0 Å². The maximum atomic E-state index is 12.6. The number of benzene rings is 2. The average Bonchev–Trinajstić information content (AvgIpc) is 3.19. The van der Waals surface area contributed by atoms with Crippen LogP contribution in [0.15, 0.2) is 54.6 Å². The molecule has 148 valence electrons. The zero-order valence-electron chi connectivity index (χ0n) is 17.0. The Kier molecular flexibility index (Phi) is 5.16. The van der Waals surface area contributed by atoms with Crippen molar-refractivity contribution in [1.82, 2.24) is 24.6 Å². The van der Waals surface area contributed by atoms with E-state index in [1.54, 1.807) is 0 Å². The number of nitrogens with one attached hydrogen (secondary N) is 1. The van der Waals surface area contributed by atoms with Crippen LogP contribution >= 0.6 is 0 Å².